The minimum Gasteiger partial charge on any atom is -0.480 e. The molecule has 0 aromatic heterocycles. The standard InChI is InChI=1S/C29H28Cl2N4O4/c30-20-11-14-23(33-21-12-9-16-5-1-3-7-18(16)21)26(31)25(20)27(36)34-24(28(37)38)15-32-29(39)35-22-13-10-17-6-2-4-8-19(17)22/h1-8,11,14,21-22,24,33H,9-10,12-13,15H2,(H,34,36)(H,37,38)(H2,32,35,39). The van der Waals surface area contributed by atoms with Crippen LogP contribution in [0.4, 0.5) is 10.5 Å². The number of urea groups is 1. The second-order valence-electron chi connectivity index (χ2n) is 9.73. The number of rotatable bonds is 8. The molecule has 39 heavy (non-hydrogen) atoms. The van der Waals surface area contributed by atoms with Gasteiger partial charge in [-0.3, -0.25) is 4.79 Å². The van der Waals surface area contributed by atoms with Crippen molar-refractivity contribution in [2.45, 2.75) is 43.8 Å². The number of hydrogen-bond donors (Lipinski definition) is 5. The smallest absolute Gasteiger partial charge is 0.328 e. The number of nitrogens with one attached hydrogen (secondary N) is 4. The zero-order valence-electron chi connectivity index (χ0n) is 21.0. The first-order valence-electron chi connectivity index (χ1n) is 12.8. The van der Waals surface area contributed by atoms with Crippen LogP contribution in [0.3, 0.4) is 0 Å². The molecule has 5 rings (SSSR count). The normalized spacial score (nSPS) is 18.0. The summed E-state index contributed by atoms with van der Waals surface area (Å²) in [5.41, 5.74) is 5.15. The molecule has 0 spiro atoms. The van der Waals surface area contributed by atoms with Gasteiger partial charge in [0, 0.05) is 0 Å². The van der Waals surface area contributed by atoms with E-state index in [2.05, 4.69) is 33.4 Å². The highest BCUT2D eigenvalue weighted by Crippen LogP contribution is 2.38. The van der Waals surface area contributed by atoms with Gasteiger partial charge in [-0.25, -0.2) is 9.59 Å². The van der Waals surface area contributed by atoms with Gasteiger partial charge >= 0.3 is 12.0 Å². The molecule has 3 aromatic carbocycles. The molecule has 3 atom stereocenters. The summed E-state index contributed by atoms with van der Waals surface area (Å²) in [6, 6.07) is 17.2. The maximum Gasteiger partial charge on any atom is 0.328 e. The molecule has 8 nitrogen and oxygen atoms in total. The summed E-state index contributed by atoms with van der Waals surface area (Å²) >= 11 is 12.9. The van der Waals surface area contributed by atoms with Crippen molar-refractivity contribution in [3.05, 3.63) is 98.5 Å². The molecule has 0 saturated carbocycles. The van der Waals surface area contributed by atoms with Crippen LogP contribution < -0.4 is 21.3 Å². The van der Waals surface area contributed by atoms with E-state index in [4.69, 9.17) is 23.2 Å². The molecule has 3 amide bonds. The van der Waals surface area contributed by atoms with Crippen LogP contribution in [0.5, 0.6) is 0 Å². The number of carboxylic acid groups (broad SMARTS) is 1. The number of carbonyl (C=O) groups excluding carboxylic acids is 2. The molecule has 0 aliphatic heterocycles. The molecule has 2 aliphatic rings. The first kappa shape index (κ1) is 26.8. The molecule has 2 aliphatic carbocycles. The van der Waals surface area contributed by atoms with Gasteiger partial charge in [0.05, 0.1) is 39.9 Å². The van der Waals surface area contributed by atoms with Crippen molar-refractivity contribution in [2.75, 3.05) is 11.9 Å². The Kier molecular flexibility index (Phi) is 7.95. The summed E-state index contributed by atoms with van der Waals surface area (Å²) in [6.07, 6.45) is 3.43. The molecular formula is C29H28Cl2N4O4. The summed E-state index contributed by atoms with van der Waals surface area (Å²) in [5.74, 6) is -2.06. The van der Waals surface area contributed by atoms with E-state index in [-0.39, 0.29) is 34.2 Å². The van der Waals surface area contributed by atoms with E-state index in [9.17, 15) is 19.5 Å². The Bertz CT molecular complexity index is 1430. The van der Waals surface area contributed by atoms with Crippen LogP contribution in [0, 0.1) is 0 Å². The number of halogens is 2. The number of aryl methyl sites for hydroxylation is 2. The largest absolute Gasteiger partial charge is 0.480 e. The van der Waals surface area contributed by atoms with Crippen LogP contribution >= 0.6 is 23.2 Å². The summed E-state index contributed by atoms with van der Waals surface area (Å²) < 4.78 is 0. The average molecular weight is 567 g/mol. The highest BCUT2D eigenvalue weighted by Gasteiger charge is 2.28. The van der Waals surface area contributed by atoms with Gasteiger partial charge in [0.2, 0.25) is 0 Å². The lowest BCUT2D eigenvalue weighted by Crippen LogP contribution is -2.50. The van der Waals surface area contributed by atoms with E-state index in [1.54, 1.807) is 12.1 Å². The van der Waals surface area contributed by atoms with Crippen molar-refractivity contribution in [3.63, 3.8) is 0 Å². The van der Waals surface area contributed by atoms with Crippen LogP contribution in [-0.4, -0.2) is 35.6 Å². The van der Waals surface area contributed by atoms with Gasteiger partial charge in [0.15, 0.2) is 0 Å². The first-order valence-corrected chi connectivity index (χ1v) is 13.6. The number of amides is 3. The van der Waals surface area contributed by atoms with Crippen molar-refractivity contribution >= 4 is 46.8 Å². The van der Waals surface area contributed by atoms with Crippen LogP contribution in [-0.2, 0) is 17.6 Å². The lowest BCUT2D eigenvalue weighted by Gasteiger charge is -2.20. The average Bonchev–Trinajstić information content (AvgIpc) is 3.52. The number of carbonyl (C=O) groups is 3. The Hall–Kier alpha value is -3.75. The minimum atomic E-state index is -1.40. The molecule has 0 radical (unpaired) electrons. The number of anilines is 1. The van der Waals surface area contributed by atoms with Crippen molar-refractivity contribution in [1.82, 2.24) is 16.0 Å². The molecule has 0 bridgehead atoms. The van der Waals surface area contributed by atoms with E-state index >= 15 is 0 Å². The van der Waals surface area contributed by atoms with E-state index in [1.807, 2.05) is 36.4 Å². The lowest BCUT2D eigenvalue weighted by molar-refractivity contribution is -0.139. The molecule has 202 valence electrons. The van der Waals surface area contributed by atoms with Gasteiger partial charge in [-0.2, -0.15) is 0 Å². The number of benzene rings is 3. The summed E-state index contributed by atoms with van der Waals surface area (Å²) in [6.45, 7) is -0.326. The van der Waals surface area contributed by atoms with Gasteiger partial charge in [-0.1, -0.05) is 71.7 Å². The van der Waals surface area contributed by atoms with Crippen molar-refractivity contribution in [2.24, 2.45) is 0 Å². The summed E-state index contributed by atoms with van der Waals surface area (Å²) in [4.78, 5) is 37.6. The second kappa shape index (κ2) is 11.6. The quantitative estimate of drug-likeness (QED) is 0.254. The molecule has 3 aromatic rings. The van der Waals surface area contributed by atoms with Crippen LogP contribution in [0.25, 0.3) is 0 Å². The molecule has 0 heterocycles. The zero-order chi connectivity index (χ0) is 27.5. The maximum absolute atomic E-state index is 13.2. The number of aliphatic carboxylic acids is 1. The van der Waals surface area contributed by atoms with Gasteiger partial charge in [-0.05, 0) is 60.1 Å². The predicted octanol–water partition coefficient (Wildman–Crippen LogP) is 5.26. The second-order valence-corrected chi connectivity index (χ2v) is 10.5. The maximum atomic E-state index is 13.2. The Labute approximate surface area is 236 Å². The zero-order valence-corrected chi connectivity index (χ0v) is 22.5. The monoisotopic (exact) mass is 566 g/mol. The highest BCUT2D eigenvalue weighted by atomic mass is 35.5. The lowest BCUT2D eigenvalue weighted by atomic mass is 10.1. The Balaban J connectivity index is 1.23. The van der Waals surface area contributed by atoms with E-state index in [0.717, 1.165) is 31.2 Å². The molecular weight excluding hydrogens is 539 g/mol. The summed E-state index contributed by atoms with van der Waals surface area (Å²) in [5, 5.41) is 21.2. The Morgan fingerprint density at radius 3 is 2.15 bits per heavy atom. The number of hydrogen-bond acceptors (Lipinski definition) is 4. The van der Waals surface area contributed by atoms with Gasteiger partial charge in [0.25, 0.3) is 5.91 Å². The van der Waals surface area contributed by atoms with Crippen LogP contribution in [0.15, 0.2) is 60.7 Å². The van der Waals surface area contributed by atoms with Gasteiger partial charge < -0.3 is 26.4 Å². The number of carboxylic acids is 1. The Morgan fingerprint density at radius 2 is 1.49 bits per heavy atom. The Morgan fingerprint density at radius 1 is 0.872 bits per heavy atom. The van der Waals surface area contributed by atoms with E-state index in [0.29, 0.717) is 5.69 Å². The first-order chi connectivity index (χ1) is 18.8. The van der Waals surface area contributed by atoms with Crippen molar-refractivity contribution in [3.8, 4) is 0 Å². The van der Waals surface area contributed by atoms with E-state index in [1.165, 1.54) is 16.7 Å². The van der Waals surface area contributed by atoms with Gasteiger partial charge in [0.1, 0.15) is 6.04 Å². The van der Waals surface area contributed by atoms with Crippen LogP contribution in [0.1, 0.15) is 57.5 Å². The predicted molar refractivity (Wildman–Crippen MR) is 151 cm³/mol. The fraction of sp³-hybridized carbons (Fsp3) is 0.276. The van der Waals surface area contributed by atoms with E-state index < -0.39 is 23.9 Å². The topological polar surface area (TPSA) is 120 Å². The molecule has 0 saturated heterocycles. The minimum absolute atomic E-state index is 0.0251. The summed E-state index contributed by atoms with van der Waals surface area (Å²) in [7, 11) is 0. The third-order valence-corrected chi connectivity index (χ3v) is 8.00. The highest BCUT2D eigenvalue weighted by molar-refractivity contribution is 6.41. The fourth-order valence-electron chi connectivity index (χ4n) is 5.31. The van der Waals surface area contributed by atoms with Crippen molar-refractivity contribution in [1.29, 1.82) is 0 Å². The fourth-order valence-corrected chi connectivity index (χ4v) is 5.91. The molecule has 0 fully saturated rings. The third-order valence-electron chi connectivity index (χ3n) is 7.29. The molecule has 3 unspecified atom stereocenters. The molecule has 10 heteroatoms. The number of fused-ring (bicyclic) bond motifs is 2. The third kappa shape index (κ3) is 5.82. The van der Waals surface area contributed by atoms with Crippen molar-refractivity contribution < 1.29 is 19.5 Å². The molecule has 5 N–H and O–H groups in total. The van der Waals surface area contributed by atoms with Crippen LogP contribution in [0.2, 0.25) is 10.0 Å². The van der Waals surface area contributed by atoms with Gasteiger partial charge in [-0.15, -0.1) is 0 Å². The SMILES string of the molecule is O=C(NCC(NC(=O)c1c(Cl)ccc(NC2CCc3ccccc32)c1Cl)C(=O)O)NC1CCc2ccccc21.